The van der Waals surface area contributed by atoms with Gasteiger partial charge in [-0.15, -0.1) is 0 Å². The maximum atomic E-state index is 12.6. The van der Waals surface area contributed by atoms with Crippen molar-refractivity contribution in [1.29, 1.82) is 5.26 Å². The van der Waals surface area contributed by atoms with Gasteiger partial charge in [0.05, 0.1) is 30.3 Å². The van der Waals surface area contributed by atoms with Gasteiger partial charge in [-0.1, -0.05) is 6.07 Å². The number of carbonyl (C=O) groups is 1. The maximum Gasteiger partial charge on any atom is 0.534 e. The molecular weight excluding hydrogens is 429 g/mol. The standard InChI is InChI=1S/C18H15F3N2O6S/c1-2-28-15-9-12(5-8-14(15)29-30(26,27)18(19,20)21)16(17(24)25)23-13-6-3-11(10-22)4-7-13/h3-9,16,23H,2H2,1H3,(H,24,25)/p-1. The zero-order valence-electron chi connectivity index (χ0n) is 15.3. The third kappa shape index (κ3) is 5.32. The van der Waals surface area contributed by atoms with Crippen molar-refractivity contribution < 1.29 is 40.4 Å². The van der Waals surface area contributed by atoms with Crippen molar-refractivity contribution in [3.63, 3.8) is 0 Å². The van der Waals surface area contributed by atoms with Crippen LogP contribution in [0.1, 0.15) is 24.1 Å². The number of carbonyl (C=O) groups excluding carboxylic acids is 1. The van der Waals surface area contributed by atoms with Gasteiger partial charge in [-0.05, 0) is 48.9 Å². The normalized spacial score (nSPS) is 12.5. The summed E-state index contributed by atoms with van der Waals surface area (Å²) >= 11 is 0. The molecule has 0 radical (unpaired) electrons. The molecule has 0 aliphatic rings. The predicted molar refractivity (Wildman–Crippen MR) is 95.7 cm³/mol. The number of alkyl halides is 3. The summed E-state index contributed by atoms with van der Waals surface area (Å²) in [6, 6.07) is 9.16. The van der Waals surface area contributed by atoms with E-state index in [0.717, 1.165) is 18.2 Å². The van der Waals surface area contributed by atoms with Crippen molar-refractivity contribution in [2.75, 3.05) is 11.9 Å². The zero-order chi connectivity index (χ0) is 22.5. The van der Waals surface area contributed by atoms with Gasteiger partial charge in [0.2, 0.25) is 0 Å². The van der Waals surface area contributed by atoms with Crippen molar-refractivity contribution in [3.05, 3.63) is 53.6 Å². The van der Waals surface area contributed by atoms with Crippen LogP contribution in [-0.2, 0) is 14.9 Å². The van der Waals surface area contributed by atoms with Gasteiger partial charge in [-0.2, -0.15) is 26.9 Å². The van der Waals surface area contributed by atoms with Crippen molar-refractivity contribution in [3.8, 4) is 17.6 Å². The molecule has 0 amide bonds. The van der Waals surface area contributed by atoms with Crippen LogP contribution in [0, 0.1) is 11.3 Å². The summed E-state index contributed by atoms with van der Waals surface area (Å²) in [5.74, 6) is -2.73. The van der Waals surface area contributed by atoms with Crippen LogP contribution in [0.5, 0.6) is 11.5 Å². The Balaban J connectivity index is 2.39. The first-order chi connectivity index (χ1) is 14.0. The molecule has 30 heavy (non-hydrogen) atoms. The number of nitrogens with one attached hydrogen (secondary N) is 1. The Morgan fingerprint density at radius 2 is 1.83 bits per heavy atom. The van der Waals surface area contributed by atoms with E-state index in [4.69, 9.17) is 10.00 Å². The summed E-state index contributed by atoms with van der Waals surface area (Å²) in [5.41, 5.74) is -4.99. The molecule has 0 aliphatic heterocycles. The van der Waals surface area contributed by atoms with E-state index in [9.17, 15) is 31.5 Å². The lowest BCUT2D eigenvalue weighted by Gasteiger charge is -2.23. The van der Waals surface area contributed by atoms with Gasteiger partial charge >= 0.3 is 15.6 Å². The van der Waals surface area contributed by atoms with Gasteiger partial charge in [-0.25, -0.2) is 0 Å². The molecule has 0 aliphatic carbocycles. The number of halogens is 3. The molecule has 0 aromatic heterocycles. The lowest BCUT2D eigenvalue weighted by atomic mass is 10.1. The summed E-state index contributed by atoms with van der Waals surface area (Å²) < 4.78 is 69.5. The van der Waals surface area contributed by atoms with Crippen molar-refractivity contribution >= 4 is 21.8 Å². The molecule has 0 saturated carbocycles. The highest BCUT2D eigenvalue weighted by atomic mass is 32.2. The Morgan fingerprint density at radius 1 is 1.20 bits per heavy atom. The predicted octanol–water partition coefficient (Wildman–Crippen LogP) is 2.09. The van der Waals surface area contributed by atoms with Crippen LogP contribution in [0.4, 0.5) is 18.9 Å². The highest BCUT2D eigenvalue weighted by Crippen LogP contribution is 2.35. The lowest BCUT2D eigenvalue weighted by Crippen LogP contribution is -2.34. The number of carboxylic acid groups (broad SMARTS) is 1. The number of hydrogen-bond donors (Lipinski definition) is 1. The second-order valence-corrected chi connectivity index (χ2v) is 7.25. The monoisotopic (exact) mass is 443 g/mol. The lowest BCUT2D eigenvalue weighted by molar-refractivity contribution is -0.307. The van der Waals surface area contributed by atoms with Gasteiger partial charge in [0.15, 0.2) is 11.5 Å². The third-order valence-electron chi connectivity index (χ3n) is 3.64. The molecule has 160 valence electrons. The average Bonchev–Trinajstić information content (AvgIpc) is 2.67. The molecule has 1 N–H and O–H groups in total. The van der Waals surface area contributed by atoms with Gasteiger partial charge < -0.3 is 24.1 Å². The Morgan fingerprint density at radius 3 is 2.33 bits per heavy atom. The van der Waals surface area contributed by atoms with Crippen LogP contribution in [0.15, 0.2) is 42.5 Å². The number of anilines is 1. The van der Waals surface area contributed by atoms with Crippen LogP contribution < -0.4 is 19.3 Å². The molecule has 12 heteroatoms. The Kier molecular flexibility index (Phi) is 6.78. The van der Waals surface area contributed by atoms with E-state index in [-0.39, 0.29) is 12.2 Å². The smallest absolute Gasteiger partial charge is 0.534 e. The first-order valence-electron chi connectivity index (χ1n) is 8.23. The van der Waals surface area contributed by atoms with Gasteiger partial charge in [0.25, 0.3) is 0 Å². The minimum absolute atomic E-state index is 0.000402. The van der Waals surface area contributed by atoms with Crippen LogP contribution >= 0.6 is 0 Å². The van der Waals surface area contributed by atoms with E-state index in [1.54, 1.807) is 0 Å². The zero-order valence-corrected chi connectivity index (χ0v) is 16.1. The summed E-state index contributed by atoms with van der Waals surface area (Å²) in [5, 5.41) is 23.0. The number of aliphatic carboxylic acids is 1. The van der Waals surface area contributed by atoms with Crippen LogP contribution in [0.2, 0.25) is 0 Å². The fourth-order valence-corrected chi connectivity index (χ4v) is 2.76. The number of hydrogen-bond acceptors (Lipinski definition) is 8. The Labute approximate surface area is 169 Å². The molecule has 0 bridgehead atoms. The number of nitrogens with zero attached hydrogens (tertiary/aromatic N) is 1. The second-order valence-electron chi connectivity index (χ2n) is 5.71. The molecule has 1 atom stereocenters. The molecule has 2 aromatic carbocycles. The molecule has 0 saturated heterocycles. The Bertz CT molecular complexity index is 1060. The number of rotatable bonds is 8. The highest BCUT2D eigenvalue weighted by Gasteiger charge is 2.49. The molecule has 2 rings (SSSR count). The molecule has 2 aromatic rings. The summed E-state index contributed by atoms with van der Waals surface area (Å²) in [6.07, 6.45) is 0. The fourth-order valence-electron chi connectivity index (χ4n) is 2.29. The molecular formula is C18H14F3N2O6S-. The second kappa shape index (κ2) is 8.91. The molecule has 0 spiro atoms. The molecule has 0 heterocycles. The number of ether oxygens (including phenoxy) is 1. The van der Waals surface area contributed by atoms with E-state index in [2.05, 4.69) is 9.50 Å². The quantitative estimate of drug-likeness (QED) is 0.485. The van der Waals surface area contributed by atoms with Gasteiger partial charge in [0.1, 0.15) is 0 Å². The fraction of sp³-hybridized carbons (Fsp3) is 0.222. The first-order valence-corrected chi connectivity index (χ1v) is 9.64. The van der Waals surface area contributed by atoms with Crippen LogP contribution in [0.25, 0.3) is 0 Å². The maximum absolute atomic E-state index is 12.6. The van der Waals surface area contributed by atoms with E-state index in [1.807, 2.05) is 6.07 Å². The largest absolute Gasteiger partial charge is 0.548 e. The highest BCUT2D eigenvalue weighted by molar-refractivity contribution is 7.88. The van der Waals surface area contributed by atoms with Crippen molar-refractivity contribution in [1.82, 2.24) is 0 Å². The summed E-state index contributed by atoms with van der Waals surface area (Å²) in [7, 11) is -5.95. The van der Waals surface area contributed by atoms with E-state index in [0.29, 0.717) is 11.3 Å². The summed E-state index contributed by atoms with van der Waals surface area (Å²) in [4.78, 5) is 11.6. The van der Waals surface area contributed by atoms with E-state index >= 15 is 0 Å². The van der Waals surface area contributed by atoms with Crippen molar-refractivity contribution in [2.45, 2.75) is 18.5 Å². The minimum atomic E-state index is -5.95. The van der Waals surface area contributed by atoms with E-state index < -0.39 is 39.1 Å². The Hall–Kier alpha value is -3.46. The molecule has 8 nitrogen and oxygen atoms in total. The van der Waals surface area contributed by atoms with Crippen LogP contribution in [0.3, 0.4) is 0 Å². The molecule has 0 fully saturated rings. The van der Waals surface area contributed by atoms with Gasteiger partial charge in [-0.3, -0.25) is 0 Å². The number of nitriles is 1. The number of carboxylic acids is 1. The van der Waals surface area contributed by atoms with Crippen LogP contribution in [-0.4, -0.2) is 26.5 Å². The van der Waals surface area contributed by atoms with Gasteiger partial charge in [0, 0.05) is 5.69 Å². The topological polar surface area (TPSA) is 129 Å². The minimum Gasteiger partial charge on any atom is -0.548 e. The average molecular weight is 443 g/mol. The summed E-state index contributed by atoms with van der Waals surface area (Å²) in [6.45, 7) is 1.42. The van der Waals surface area contributed by atoms with E-state index in [1.165, 1.54) is 31.2 Å². The third-order valence-corrected chi connectivity index (χ3v) is 4.61. The molecule has 1 unspecified atom stereocenters. The van der Waals surface area contributed by atoms with Crippen molar-refractivity contribution in [2.24, 2.45) is 0 Å². The SMILES string of the molecule is CCOc1cc(C(Nc2ccc(C#N)cc2)C(=O)[O-])ccc1OS(=O)(=O)C(F)(F)F. The number of benzene rings is 2. The first kappa shape index (κ1) is 22.8.